The number of esters is 1. The Morgan fingerprint density at radius 2 is 1.71 bits per heavy atom. The predicted molar refractivity (Wildman–Crippen MR) is 91.7 cm³/mol. The number of halogens is 1. The molecule has 2 rings (SSSR count). The summed E-state index contributed by atoms with van der Waals surface area (Å²) in [6.45, 7) is 2.49. The summed E-state index contributed by atoms with van der Waals surface area (Å²) >= 11 is 6.22. The van der Waals surface area contributed by atoms with Gasteiger partial charge in [-0.05, 0) is 30.7 Å². The van der Waals surface area contributed by atoms with Crippen LogP contribution in [0.15, 0.2) is 36.4 Å². The Labute approximate surface area is 146 Å². The second-order valence-corrected chi connectivity index (χ2v) is 5.29. The molecule has 0 aliphatic heterocycles. The standard InChI is InChI=1S/C18H19ClO5/c1-4-9-23-17-13(19)10-12(11-16(17)22-3)18(20)24-15-8-6-5-7-14(15)21-2/h5-8,10-11H,4,9H2,1-3H3. The number of para-hydroxylation sites is 2. The minimum Gasteiger partial charge on any atom is -0.493 e. The summed E-state index contributed by atoms with van der Waals surface area (Å²) in [5.74, 6) is 1.01. The monoisotopic (exact) mass is 350 g/mol. The summed E-state index contributed by atoms with van der Waals surface area (Å²) in [6, 6.07) is 9.92. The van der Waals surface area contributed by atoms with E-state index in [-0.39, 0.29) is 10.6 Å². The zero-order valence-corrected chi connectivity index (χ0v) is 14.6. The molecule has 0 aliphatic carbocycles. The zero-order valence-electron chi connectivity index (χ0n) is 13.8. The Morgan fingerprint density at radius 3 is 2.33 bits per heavy atom. The molecule has 0 saturated heterocycles. The van der Waals surface area contributed by atoms with Crippen molar-refractivity contribution < 1.29 is 23.7 Å². The van der Waals surface area contributed by atoms with Crippen LogP contribution in [0.1, 0.15) is 23.7 Å². The molecule has 0 atom stereocenters. The van der Waals surface area contributed by atoms with Crippen molar-refractivity contribution in [3.63, 3.8) is 0 Å². The first kappa shape index (κ1) is 17.9. The van der Waals surface area contributed by atoms with E-state index in [0.717, 1.165) is 6.42 Å². The predicted octanol–water partition coefficient (Wildman–Crippen LogP) is 4.37. The van der Waals surface area contributed by atoms with Crippen LogP contribution in [0.3, 0.4) is 0 Å². The van der Waals surface area contributed by atoms with Gasteiger partial charge in [-0.3, -0.25) is 0 Å². The van der Waals surface area contributed by atoms with Gasteiger partial charge >= 0.3 is 5.97 Å². The topological polar surface area (TPSA) is 54.0 Å². The van der Waals surface area contributed by atoms with Gasteiger partial charge in [0.2, 0.25) is 0 Å². The Balaban J connectivity index is 2.28. The van der Waals surface area contributed by atoms with Crippen LogP contribution >= 0.6 is 11.6 Å². The SMILES string of the molecule is CCCOc1c(Cl)cc(C(=O)Oc2ccccc2OC)cc1OC. The maximum atomic E-state index is 12.4. The summed E-state index contributed by atoms with van der Waals surface area (Å²) < 4.78 is 21.4. The number of carbonyl (C=O) groups is 1. The first-order chi connectivity index (χ1) is 11.6. The molecule has 5 nitrogen and oxygen atoms in total. The molecule has 0 radical (unpaired) electrons. The van der Waals surface area contributed by atoms with Gasteiger partial charge in [0.15, 0.2) is 23.0 Å². The molecule has 0 amide bonds. The highest BCUT2D eigenvalue weighted by Crippen LogP contribution is 2.37. The molecule has 0 heterocycles. The number of ether oxygens (including phenoxy) is 4. The minimum atomic E-state index is -0.568. The Kier molecular flexibility index (Phi) is 6.32. The van der Waals surface area contributed by atoms with Crippen molar-refractivity contribution in [1.82, 2.24) is 0 Å². The lowest BCUT2D eigenvalue weighted by Gasteiger charge is -2.14. The quantitative estimate of drug-likeness (QED) is 0.548. The van der Waals surface area contributed by atoms with Gasteiger partial charge in [0, 0.05) is 0 Å². The third-order valence-corrected chi connectivity index (χ3v) is 3.47. The number of carbonyl (C=O) groups excluding carboxylic acids is 1. The van der Waals surface area contributed by atoms with Crippen LogP contribution in [0.4, 0.5) is 0 Å². The maximum absolute atomic E-state index is 12.4. The van der Waals surface area contributed by atoms with E-state index in [4.69, 9.17) is 30.5 Å². The van der Waals surface area contributed by atoms with E-state index < -0.39 is 5.97 Å². The van der Waals surface area contributed by atoms with Crippen LogP contribution in [0.25, 0.3) is 0 Å². The van der Waals surface area contributed by atoms with Gasteiger partial charge in [0.1, 0.15) is 0 Å². The van der Waals surface area contributed by atoms with E-state index in [9.17, 15) is 4.79 Å². The van der Waals surface area contributed by atoms with Crippen molar-refractivity contribution in [2.75, 3.05) is 20.8 Å². The maximum Gasteiger partial charge on any atom is 0.343 e. The molecule has 0 bridgehead atoms. The fourth-order valence-corrected chi connectivity index (χ4v) is 2.31. The van der Waals surface area contributed by atoms with Crippen LogP contribution < -0.4 is 18.9 Å². The number of benzene rings is 2. The molecule has 2 aromatic rings. The molecule has 0 N–H and O–H groups in total. The Morgan fingerprint density at radius 1 is 1.04 bits per heavy atom. The van der Waals surface area contributed by atoms with Crippen molar-refractivity contribution in [3.05, 3.63) is 47.0 Å². The summed E-state index contributed by atoms with van der Waals surface area (Å²) in [6.07, 6.45) is 0.830. The van der Waals surface area contributed by atoms with E-state index in [1.807, 2.05) is 6.92 Å². The molecule has 2 aromatic carbocycles. The highest BCUT2D eigenvalue weighted by molar-refractivity contribution is 6.32. The van der Waals surface area contributed by atoms with Crippen LogP contribution in [-0.2, 0) is 0 Å². The number of hydrogen-bond donors (Lipinski definition) is 0. The van der Waals surface area contributed by atoms with Gasteiger partial charge in [-0.1, -0.05) is 30.7 Å². The first-order valence-electron chi connectivity index (χ1n) is 7.46. The summed E-state index contributed by atoms with van der Waals surface area (Å²) in [4.78, 5) is 12.4. The molecular formula is C18H19ClO5. The van der Waals surface area contributed by atoms with Gasteiger partial charge in [0.05, 0.1) is 31.4 Å². The molecule has 0 saturated carbocycles. The van der Waals surface area contributed by atoms with Crippen LogP contribution in [0.2, 0.25) is 5.02 Å². The minimum absolute atomic E-state index is 0.256. The Bertz CT molecular complexity index is 715. The molecule has 128 valence electrons. The number of hydrogen-bond acceptors (Lipinski definition) is 5. The van der Waals surface area contributed by atoms with Crippen LogP contribution in [0, 0.1) is 0 Å². The second-order valence-electron chi connectivity index (χ2n) is 4.88. The fourth-order valence-electron chi connectivity index (χ4n) is 2.04. The van der Waals surface area contributed by atoms with Gasteiger partial charge < -0.3 is 18.9 Å². The molecule has 0 aromatic heterocycles. The van der Waals surface area contributed by atoms with Crippen LogP contribution in [-0.4, -0.2) is 26.8 Å². The lowest BCUT2D eigenvalue weighted by atomic mass is 10.2. The highest BCUT2D eigenvalue weighted by atomic mass is 35.5. The van der Waals surface area contributed by atoms with Gasteiger partial charge in [-0.25, -0.2) is 4.79 Å². The van der Waals surface area contributed by atoms with Crippen molar-refractivity contribution in [3.8, 4) is 23.0 Å². The normalized spacial score (nSPS) is 10.2. The largest absolute Gasteiger partial charge is 0.493 e. The average Bonchev–Trinajstić information content (AvgIpc) is 2.60. The molecular weight excluding hydrogens is 332 g/mol. The third kappa shape index (κ3) is 4.11. The van der Waals surface area contributed by atoms with Crippen molar-refractivity contribution in [2.45, 2.75) is 13.3 Å². The molecule has 24 heavy (non-hydrogen) atoms. The van der Waals surface area contributed by atoms with Crippen LogP contribution in [0.5, 0.6) is 23.0 Å². The highest BCUT2D eigenvalue weighted by Gasteiger charge is 2.18. The molecule has 0 aliphatic rings. The molecule has 0 fully saturated rings. The lowest BCUT2D eigenvalue weighted by Crippen LogP contribution is -2.10. The zero-order chi connectivity index (χ0) is 17.5. The summed E-state index contributed by atoms with van der Waals surface area (Å²) in [5, 5.41) is 0.287. The van der Waals surface area contributed by atoms with Gasteiger partial charge in [-0.2, -0.15) is 0 Å². The molecule has 0 spiro atoms. The average molecular weight is 351 g/mol. The third-order valence-electron chi connectivity index (χ3n) is 3.19. The number of rotatable bonds is 7. The summed E-state index contributed by atoms with van der Waals surface area (Å²) in [7, 11) is 2.99. The van der Waals surface area contributed by atoms with Crippen molar-refractivity contribution >= 4 is 17.6 Å². The summed E-state index contributed by atoms with van der Waals surface area (Å²) in [5.41, 5.74) is 0.256. The van der Waals surface area contributed by atoms with Crippen molar-refractivity contribution in [1.29, 1.82) is 0 Å². The van der Waals surface area contributed by atoms with E-state index in [1.165, 1.54) is 26.4 Å². The second kappa shape index (κ2) is 8.45. The van der Waals surface area contributed by atoms with E-state index in [1.54, 1.807) is 24.3 Å². The molecule has 0 unspecified atom stereocenters. The Hall–Kier alpha value is -2.40. The van der Waals surface area contributed by atoms with E-state index in [2.05, 4.69) is 0 Å². The van der Waals surface area contributed by atoms with E-state index in [0.29, 0.717) is 29.6 Å². The van der Waals surface area contributed by atoms with Gasteiger partial charge in [-0.15, -0.1) is 0 Å². The van der Waals surface area contributed by atoms with E-state index >= 15 is 0 Å². The van der Waals surface area contributed by atoms with Crippen molar-refractivity contribution in [2.24, 2.45) is 0 Å². The fraction of sp³-hybridized carbons (Fsp3) is 0.278. The first-order valence-corrected chi connectivity index (χ1v) is 7.84. The number of methoxy groups -OCH3 is 2. The molecule has 6 heteroatoms. The smallest absolute Gasteiger partial charge is 0.343 e. The lowest BCUT2D eigenvalue weighted by molar-refractivity contribution is 0.0729. The van der Waals surface area contributed by atoms with Gasteiger partial charge in [0.25, 0.3) is 0 Å².